The molecule has 1 fully saturated rings. The predicted molar refractivity (Wildman–Crippen MR) is 31.4 cm³/mol. The molecule has 1 rings (SSSR count). The van der Waals surface area contributed by atoms with E-state index in [2.05, 4.69) is 0 Å². The largest absolute Gasteiger partial charge is 0.320 e. The number of nitrogens with two attached hydrogens (primary N) is 1. The molecule has 9 heavy (non-hydrogen) atoms. The Hall–Kier alpha value is -0.180. The summed E-state index contributed by atoms with van der Waals surface area (Å²) in [5.41, 5.74) is 4.15. The Balaban J connectivity index is 2.42. The van der Waals surface area contributed by atoms with E-state index in [9.17, 15) is 8.78 Å². The third kappa shape index (κ3) is 0.936. The van der Waals surface area contributed by atoms with E-state index in [1.54, 1.807) is 0 Å². The van der Waals surface area contributed by atoms with Crippen LogP contribution >= 0.6 is 0 Å². The zero-order valence-corrected chi connectivity index (χ0v) is 5.45. The monoisotopic (exact) mass is 135 g/mol. The first-order valence-corrected chi connectivity index (χ1v) is 3.18. The minimum Gasteiger partial charge on any atom is -0.320 e. The first-order chi connectivity index (χ1) is 4.02. The summed E-state index contributed by atoms with van der Waals surface area (Å²) in [5.74, 6) is -2.57. The van der Waals surface area contributed by atoms with Gasteiger partial charge in [0.15, 0.2) is 0 Å². The lowest BCUT2D eigenvalue weighted by Gasteiger charge is -2.06. The SMILES string of the molecule is CCCC1(N)CC1(F)F. The average molecular weight is 135 g/mol. The molecule has 1 nitrogen and oxygen atoms in total. The molecule has 1 unspecified atom stereocenters. The van der Waals surface area contributed by atoms with Gasteiger partial charge in [0.05, 0.1) is 5.54 Å². The normalized spacial score (nSPS) is 38.7. The summed E-state index contributed by atoms with van der Waals surface area (Å²) in [6.07, 6.45) is 1.07. The van der Waals surface area contributed by atoms with Crippen molar-refractivity contribution in [3.05, 3.63) is 0 Å². The Morgan fingerprint density at radius 3 is 2.11 bits per heavy atom. The summed E-state index contributed by atoms with van der Waals surface area (Å²) in [4.78, 5) is 0. The predicted octanol–water partition coefficient (Wildman–Crippen LogP) is 1.52. The fourth-order valence-electron chi connectivity index (χ4n) is 1.07. The first-order valence-electron chi connectivity index (χ1n) is 3.18. The van der Waals surface area contributed by atoms with E-state index in [0.29, 0.717) is 6.42 Å². The van der Waals surface area contributed by atoms with E-state index in [1.807, 2.05) is 6.92 Å². The molecule has 2 N–H and O–H groups in total. The van der Waals surface area contributed by atoms with Crippen LogP contribution in [0.5, 0.6) is 0 Å². The van der Waals surface area contributed by atoms with Gasteiger partial charge in [-0.05, 0) is 6.42 Å². The third-order valence-corrected chi connectivity index (χ3v) is 1.84. The first kappa shape index (κ1) is 6.93. The highest BCUT2D eigenvalue weighted by Gasteiger charge is 2.67. The van der Waals surface area contributed by atoms with Crippen molar-refractivity contribution in [3.8, 4) is 0 Å². The molecule has 0 saturated heterocycles. The number of alkyl halides is 2. The zero-order valence-electron chi connectivity index (χ0n) is 5.45. The van der Waals surface area contributed by atoms with E-state index < -0.39 is 11.5 Å². The Kier molecular flexibility index (Phi) is 1.28. The molecule has 0 radical (unpaired) electrons. The summed E-state index contributed by atoms with van der Waals surface area (Å²) in [5, 5.41) is 0. The quantitative estimate of drug-likeness (QED) is 0.610. The molecule has 0 spiro atoms. The molecule has 0 aromatic carbocycles. The summed E-state index contributed by atoms with van der Waals surface area (Å²) in [6, 6.07) is 0. The molecule has 0 heterocycles. The Morgan fingerprint density at radius 1 is 1.56 bits per heavy atom. The molecule has 1 atom stereocenters. The van der Waals surface area contributed by atoms with Crippen LogP contribution in [0.3, 0.4) is 0 Å². The molecule has 1 aliphatic carbocycles. The number of rotatable bonds is 2. The zero-order chi connectivity index (χ0) is 7.12. The second-order valence-electron chi connectivity index (χ2n) is 2.79. The smallest absolute Gasteiger partial charge is 0.267 e. The van der Waals surface area contributed by atoms with Crippen LogP contribution in [0.1, 0.15) is 26.2 Å². The standard InChI is InChI=1S/C6H11F2N/c1-2-3-5(9)4-6(5,7)8/h2-4,9H2,1H3. The Labute approximate surface area is 53.2 Å². The lowest BCUT2D eigenvalue weighted by atomic mass is 10.1. The molecular formula is C6H11F2N. The minimum atomic E-state index is -2.57. The molecule has 54 valence electrons. The van der Waals surface area contributed by atoms with Crippen molar-refractivity contribution in [1.29, 1.82) is 0 Å². The second-order valence-corrected chi connectivity index (χ2v) is 2.79. The van der Waals surface area contributed by atoms with Gasteiger partial charge in [0.2, 0.25) is 0 Å². The van der Waals surface area contributed by atoms with Crippen molar-refractivity contribution < 1.29 is 8.78 Å². The average Bonchev–Trinajstić information content (AvgIpc) is 2.07. The van der Waals surface area contributed by atoms with E-state index >= 15 is 0 Å². The highest BCUT2D eigenvalue weighted by molar-refractivity contribution is 5.15. The fourth-order valence-corrected chi connectivity index (χ4v) is 1.07. The van der Waals surface area contributed by atoms with Crippen LogP contribution in [0.15, 0.2) is 0 Å². The van der Waals surface area contributed by atoms with Gasteiger partial charge in [0.25, 0.3) is 5.92 Å². The third-order valence-electron chi connectivity index (χ3n) is 1.84. The van der Waals surface area contributed by atoms with Gasteiger partial charge in [-0.3, -0.25) is 0 Å². The van der Waals surface area contributed by atoms with Gasteiger partial charge in [-0.2, -0.15) is 0 Å². The fraction of sp³-hybridized carbons (Fsp3) is 1.00. The topological polar surface area (TPSA) is 26.0 Å². The highest BCUT2D eigenvalue weighted by atomic mass is 19.3. The Morgan fingerprint density at radius 2 is 2.00 bits per heavy atom. The van der Waals surface area contributed by atoms with Crippen molar-refractivity contribution in [2.24, 2.45) is 5.73 Å². The van der Waals surface area contributed by atoms with Crippen molar-refractivity contribution in [1.82, 2.24) is 0 Å². The van der Waals surface area contributed by atoms with Gasteiger partial charge < -0.3 is 5.73 Å². The van der Waals surface area contributed by atoms with Gasteiger partial charge in [-0.1, -0.05) is 13.3 Å². The molecule has 0 amide bonds. The van der Waals surface area contributed by atoms with Crippen LogP contribution in [-0.4, -0.2) is 11.5 Å². The molecule has 0 bridgehead atoms. The van der Waals surface area contributed by atoms with Gasteiger partial charge in [-0.15, -0.1) is 0 Å². The molecular weight excluding hydrogens is 124 g/mol. The van der Waals surface area contributed by atoms with Crippen LogP contribution in [0, 0.1) is 0 Å². The van der Waals surface area contributed by atoms with Crippen LogP contribution in [0.25, 0.3) is 0 Å². The lowest BCUT2D eigenvalue weighted by Crippen LogP contribution is -2.29. The van der Waals surface area contributed by atoms with Crippen LogP contribution in [0.4, 0.5) is 8.78 Å². The van der Waals surface area contributed by atoms with Crippen molar-refractivity contribution in [3.63, 3.8) is 0 Å². The van der Waals surface area contributed by atoms with Crippen molar-refractivity contribution >= 4 is 0 Å². The maximum absolute atomic E-state index is 12.2. The second kappa shape index (κ2) is 1.66. The van der Waals surface area contributed by atoms with Gasteiger partial charge in [0, 0.05) is 6.42 Å². The van der Waals surface area contributed by atoms with Crippen LogP contribution < -0.4 is 5.73 Å². The highest BCUT2D eigenvalue weighted by Crippen LogP contribution is 2.53. The van der Waals surface area contributed by atoms with Crippen LogP contribution in [0.2, 0.25) is 0 Å². The van der Waals surface area contributed by atoms with Gasteiger partial charge in [0.1, 0.15) is 0 Å². The molecule has 0 aromatic heterocycles. The maximum Gasteiger partial charge on any atom is 0.267 e. The number of halogens is 2. The van der Waals surface area contributed by atoms with E-state index in [4.69, 9.17) is 5.73 Å². The van der Waals surface area contributed by atoms with Crippen LogP contribution in [-0.2, 0) is 0 Å². The summed E-state index contributed by atoms with van der Waals surface area (Å²) in [6.45, 7) is 1.86. The molecule has 1 aliphatic rings. The lowest BCUT2D eigenvalue weighted by molar-refractivity contribution is 0.0870. The summed E-state index contributed by atoms with van der Waals surface area (Å²) < 4.78 is 24.5. The summed E-state index contributed by atoms with van der Waals surface area (Å²) >= 11 is 0. The minimum absolute atomic E-state index is 0.117. The molecule has 3 heteroatoms. The van der Waals surface area contributed by atoms with Crippen molar-refractivity contribution in [2.45, 2.75) is 37.6 Å². The van der Waals surface area contributed by atoms with E-state index in [0.717, 1.165) is 6.42 Å². The maximum atomic E-state index is 12.2. The number of hydrogen-bond acceptors (Lipinski definition) is 1. The van der Waals surface area contributed by atoms with Gasteiger partial charge in [-0.25, -0.2) is 8.78 Å². The van der Waals surface area contributed by atoms with Crippen molar-refractivity contribution in [2.75, 3.05) is 0 Å². The molecule has 0 aromatic rings. The number of hydrogen-bond donors (Lipinski definition) is 1. The summed E-state index contributed by atoms with van der Waals surface area (Å²) in [7, 11) is 0. The molecule has 1 saturated carbocycles. The molecule has 0 aliphatic heterocycles. The van der Waals surface area contributed by atoms with E-state index in [-0.39, 0.29) is 6.42 Å². The Bertz CT molecular complexity index is 124. The van der Waals surface area contributed by atoms with E-state index in [1.165, 1.54) is 0 Å². The van der Waals surface area contributed by atoms with Gasteiger partial charge >= 0.3 is 0 Å².